The Labute approximate surface area is 86.1 Å². The average molecular weight is 193 g/mol. The van der Waals surface area contributed by atoms with Gasteiger partial charge in [0.15, 0.2) is 0 Å². The Kier molecular flexibility index (Phi) is 3.92. The van der Waals surface area contributed by atoms with Gasteiger partial charge in [0.05, 0.1) is 5.69 Å². The maximum absolute atomic E-state index is 5.61. The van der Waals surface area contributed by atoms with Crippen molar-refractivity contribution in [3.05, 3.63) is 29.8 Å². The van der Waals surface area contributed by atoms with Crippen LogP contribution >= 0.6 is 0 Å². The average Bonchev–Trinajstić information content (AvgIpc) is 2.15. The van der Waals surface area contributed by atoms with Crippen molar-refractivity contribution in [2.24, 2.45) is 5.84 Å². The molecule has 0 spiro atoms. The summed E-state index contributed by atoms with van der Waals surface area (Å²) in [7, 11) is 6.01. The molecule has 0 unspecified atom stereocenters. The molecule has 1 aromatic carbocycles. The van der Waals surface area contributed by atoms with Crippen LogP contribution in [-0.2, 0) is 6.42 Å². The Morgan fingerprint density at radius 3 is 2.07 bits per heavy atom. The number of hydrogen-bond acceptors (Lipinski definition) is 3. The first-order chi connectivity index (χ1) is 6.59. The van der Waals surface area contributed by atoms with Gasteiger partial charge in [0.25, 0.3) is 0 Å². The molecule has 0 aromatic heterocycles. The lowest BCUT2D eigenvalue weighted by molar-refractivity contribution is 0.413. The fourth-order valence-electron chi connectivity index (χ4n) is 1.25. The van der Waals surface area contributed by atoms with E-state index in [-0.39, 0.29) is 0 Å². The molecule has 0 radical (unpaired) electrons. The van der Waals surface area contributed by atoms with Crippen molar-refractivity contribution in [1.82, 2.24) is 4.90 Å². The standard InChI is InChI=1S/C11H19N3/c1-13(2)9-8-10-4-6-11(7-5-10)14(3)12/h4-7H,8-9,12H2,1-3H3. The van der Waals surface area contributed by atoms with Crippen molar-refractivity contribution < 1.29 is 0 Å². The highest BCUT2D eigenvalue weighted by Crippen LogP contribution is 2.11. The number of nitrogens with zero attached hydrogens (tertiary/aromatic N) is 2. The SMILES string of the molecule is CN(C)CCc1ccc(N(C)N)cc1. The molecule has 3 heteroatoms. The van der Waals surface area contributed by atoms with Gasteiger partial charge in [-0.1, -0.05) is 12.1 Å². The minimum Gasteiger partial charge on any atom is -0.314 e. The zero-order valence-electron chi connectivity index (χ0n) is 9.20. The molecule has 0 atom stereocenters. The van der Waals surface area contributed by atoms with Crippen LogP contribution in [0, 0.1) is 0 Å². The summed E-state index contributed by atoms with van der Waals surface area (Å²) in [6.45, 7) is 1.08. The number of likely N-dealkylation sites (N-methyl/N-ethyl adjacent to an activating group) is 1. The van der Waals surface area contributed by atoms with Crippen LogP contribution < -0.4 is 10.9 Å². The second-order valence-electron chi connectivity index (χ2n) is 3.83. The smallest absolute Gasteiger partial charge is 0.0514 e. The van der Waals surface area contributed by atoms with Crippen LogP contribution in [0.4, 0.5) is 5.69 Å². The number of nitrogens with two attached hydrogens (primary N) is 1. The molecule has 0 aliphatic heterocycles. The molecule has 0 heterocycles. The summed E-state index contributed by atoms with van der Waals surface area (Å²) in [5.74, 6) is 5.61. The molecule has 2 N–H and O–H groups in total. The minimum absolute atomic E-state index is 1.04. The predicted octanol–water partition coefficient (Wildman–Crippen LogP) is 1.10. The zero-order valence-corrected chi connectivity index (χ0v) is 9.20. The first-order valence-corrected chi connectivity index (χ1v) is 4.81. The van der Waals surface area contributed by atoms with Gasteiger partial charge < -0.3 is 9.91 Å². The van der Waals surface area contributed by atoms with Gasteiger partial charge in [0, 0.05) is 13.6 Å². The topological polar surface area (TPSA) is 32.5 Å². The van der Waals surface area contributed by atoms with E-state index in [4.69, 9.17) is 5.84 Å². The van der Waals surface area contributed by atoms with E-state index in [1.807, 2.05) is 19.2 Å². The number of benzene rings is 1. The summed E-state index contributed by atoms with van der Waals surface area (Å²) in [6.07, 6.45) is 1.08. The Morgan fingerprint density at radius 2 is 1.64 bits per heavy atom. The molecular formula is C11H19N3. The van der Waals surface area contributed by atoms with Crippen molar-refractivity contribution in [3.63, 3.8) is 0 Å². The van der Waals surface area contributed by atoms with Gasteiger partial charge in [-0.3, -0.25) is 0 Å². The van der Waals surface area contributed by atoms with Crippen molar-refractivity contribution in [2.75, 3.05) is 32.7 Å². The molecular weight excluding hydrogens is 174 g/mol. The van der Waals surface area contributed by atoms with Gasteiger partial charge in [-0.15, -0.1) is 0 Å². The highest BCUT2D eigenvalue weighted by atomic mass is 15.4. The highest BCUT2D eigenvalue weighted by molar-refractivity contribution is 5.45. The first-order valence-electron chi connectivity index (χ1n) is 4.81. The summed E-state index contributed by atoms with van der Waals surface area (Å²) in [5.41, 5.74) is 2.39. The summed E-state index contributed by atoms with van der Waals surface area (Å²) >= 11 is 0. The maximum Gasteiger partial charge on any atom is 0.0514 e. The van der Waals surface area contributed by atoms with E-state index in [0.29, 0.717) is 0 Å². The van der Waals surface area contributed by atoms with E-state index in [1.54, 1.807) is 5.01 Å². The molecule has 1 aromatic rings. The van der Waals surface area contributed by atoms with E-state index in [9.17, 15) is 0 Å². The maximum atomic E-state index is 5.61. The van der Waals surface area contributed by atoms with Crippen LogP contribution in [0.25, 0.3) is 0 Å². The van der Waals surface area contributed by atoms with Crippen molar-refractivity contribution in [3.8, 4) is 0 Å². The molecule has 0 amide bonds. The molecule has 1 rings (SSSR count). The fraction of sp³-hybridized carbons (Fsp3) is 0.455. The second kappa shape index (κ2) is 4.98. The lowest BCUT2D eigenvalue weighted by Crippen LogP contribution is -2.24. The van der Waals surface area contributed by atoms with Crippen LogP contribution in [0.1, 0.15) is 5.56 Å². The lowest BCUT2D eigenvalue weighted by atomic mass is 10.1. The van der Waals surface area contributed by atoms with Crippen molar-refractivity contribution in [1.29, 1.82) is 0 Å². The predicted molar refractivity (Wildman–Crippen MR) is 61.3 cm³/mol. The lowest BCUT2D eigenvalue weighted by Gasteiger charge is -2.13. The summed E-state index contributed by atoms with van der Waals surface area (Å²) in [6, 6.07) is 8.35. The molecule has 14 heavy (non-hydrogen) atoms. The summed E-state index contributed by atoms with van der Waals surface area (Å²) in [5, 5.41) is 1.62. The Morgan fingerprint density at radius 1 is 1.07 bits per heavy atom. The Hall–Kier alpha value is -1.06. The van der Waals surface area contributed by atoms with Gasteiger partial charge in [-0.05, 0) is 38.2 Å². The number of rotatable bonds is 4. The fourth-order valence-corrected chi connectivity index (χ4v) is 1.25. The van der Waals surface area contributed by atoms with Crippen LogP contribution in [0.3, 0.4) is 0 Å². The van der Waals surface area contributed by atoms with Gasteiger partial charge in [-0.2, -0.15) is 0 Å². The van der Waals surface area contributed by atoms with E-state index in [1.165, 1.54) is 5.56 Å². The molecule has 0 fully saturated rings. The normalized spacial score (nSPS) is 10.6. The summed E-state index contributed by atoms with van der Waals surface area (Å²) in [4.78, 5) is 2.18. The molecule has 0 aliphatic carbocycles. The van der Waals surface area contributed by atoms with Gasteiger partial charge in [0.2, 0.25) is 0 Å². The van der Waals surface area contributed by atoms with E-state index in [2.05, 4.69) is 31.1 Å². The molecule has 78 valence electrons. The van der Waals surface area contributed by atoms with Crippen LogP contribution in [0.15, 0.2) is 24.3 Å². The van der Waals surface area contributed by atoms with Crippen molar-refractivity contribution in [2.45, 2.75) is 6.42 Å². The number of hydrogen-bond donors (Lipinski definition) is 1. The van der Waals surface area contributed by atoms with E-state index in [0.717, 1.165) is 18.7 Å². The molecule has 0 bridgehead atoms. The van der Waals surface area contributed by atoms with E-state index < -0.39 is 0 Å². The third kappa shape index (κ3) is 3.36. The van der Waals surface area contributed by atoms with Crippen molar-refractivity contribution >= 4 is 5.69 Å². The molecule has 3 nitrogen and oxygen atoms in total. The Bertz CT molecular complexity index is 264. The van der Waals surface area contributed by atoms with E-state index >= 15 is 0 Å². The third-order valence-corrected chi connectivity index (χ3v) is 2.19. The van der Waals surface area contributed by atoms with Gasteiger partial charge in [-0.25, -0.2) is 5.84 Å². The number of anilines is 1. The largest absolute Gasteiger partial charge is 0.314 e. The zero-order chi connectivity index (χ0) is 10.6. The number of hydrazine groups is 1. The summed E-state index contributed by atoms with van der Waals surface area (Å²) < 4.78 is 0. The monoisotopic (exact) mass is 193 g/mol. The molecule has 0 aliphatic rings. The minimum atomic E-state index is 1.04. The highest BCUT2D eigenvalue weighted by Gasteiger charge is 1.97. The molecule has 0 saturated carbocycles. The van der Waals surface area contributed by atoms with Crippen LogP contribution in [-0.4, -0.2) is 32.6 Å². The molecule has 0 saturated heterocycles. The van der Waals surface area contributed by atoms with Gasteiger partial charge in [0.1, 0.15) is 0 Å². The second-order valence-corrected chi connectivity index (χ2v) is 3.83. The third-order valence-electron chi connectivity index (χ3n) is 2.19. The Balaban J connectivity index is 2.55. The van der Waals surface area contributed by atoms with Crippen LogP contribution in [0.5, 0.6) is 0 Å². The first kappa shape index (κ1) is 11.0. The quantitative estimate of drug-likeness (QED) is 0.574. The van der Waals surface area contributed by atoms with Gasteiger partial charge >= 0.3 is 0 Å². The van der Waals surface area contributed by atoms with Crippen LogP contribution in [0.2, 0.25) is 0 Å².